The van der Waals surface area contributed by atoms with Gasteiger partial charge in [0.25, 0.3) is 0 Å². The molecule has 17 heavy (non-hydrogen) atoms. The highest BCUT2D eigenvalue weighted by atomic mass is 35.5. The summed E-state index contributed by atoms with van der Waals surface area (Å²) in [4.78, 5) is 23.0. The lowest BCUT2D eigenvalue weighted by atomic mass is 9.85. The average Bonchev–Trinajstić information content (AvgIpc) is 2.25. The van der Waals surface area contributed by atoms with Crippen LogP contribution in [0.3, 0.4) is 0 Å². The minimum atomic E-state index is -0.557. The summed E-state index contributed by atoms with van der Waals surface area (Å²) in [6.07, 6.45) is 0. The Bertz CT molecular complexity index is 456. The largest absolute Gasteiger partial charge is 0.289 e. The van der Waals surface area contributed by atoms with Gasteiger partial charge in [-0.1, -0.05) is 39.0 Å². The maximum Gasteiger partial charge on any atom is 0.230 e. The molecule has 0 heterocycles. The lowest BCUT2D eigenvalue weighted by molar-refractivity contribution is -0.112. The molecule has 0 aromatic heterocycles. The van der Waals surface area contributed by atoms with Crippen LogP contribution in [0.1, 0.15) is 42.3 Å². The third-order valence-corrected chi connectivity index (χ3v) is 2.95. The molecule has 1 aromatic carbocycles. The van der Waals surface area contributed by atoms with Crippen molar-refractivity contribution >= 4 is 23.2 Å². The van der Waals surface area contributed by atoms with E-state index in [-0.39, 0.29) is 11.3 Å². The van der Waals surface area contributed by atoms with Gasteiger partial charge >= 0.3 is 0 Å². The zero-order valence-electron chi connectivity index (χ0n) is 10.6. The second-order valence-electron chi connectivity index (χ2n) is 5.17. The van der Waals surface area contributed by atoms with E-state index in [1.54, 1.807) is 6.07 Å². The molecule has 0 aliphatic carbocycles. The molecule has 0 aliphatic rings. The Morgan fingerprint density at radius 2 is 1.82 bits per heavy atom. The van der Waals surface area contributed by atoms with Gasteiger partial charge in [0.2, 0.25) is 11.6 Å². The minimum Gasteiger partial charge on any atom is -0.289 e. The molecule has 0 N–H and O–H groups in total. The van der Waals surface area contributed by atoms with E-state index in [0.717, 1.165) is 11.1 Å². The second-order valence-corrected chi connectivity index (χ2v) is 5.43. The normalized spacial score (nSPS) is 11.4. The summed E-state index contributed by atoms with van der Waals surface area (Å²) >= 11 is 5.38. The Balaban J connectivity index is 3.15. The molecular formula is C14H17ClO2. The predicted octanol–water partition coefficient (Wildman–Crippen LogP) is 3.28. The summed E-state index contributed by atoms with van der Waals surface area (Å²) in [5.41, 5.74) is 2.44. The van der Waals surface area contributed by atoms with Gasteiger partial charge in [-0.25, -0.2) is 0 Å². The minimum absolute atomic E-state index is 0.0306. The molecule has 0 amide bonds. The molecular weight excluding hydrogens is 236 g/mol. The molecule has 1 aromatic rings. The first kappa shape index (κ1) is 13.9. The first-order valence-corrected chi connectivity index (χ1v) is 6.05. The topological polar surface area (TPSA) is 34.1 Å². The number of aryl methyl sites for hydroxylation is 1. The average molecular weight is 253 g/mol. The highest BCUT2D eigenvalue weighted by molar-refractivity contribution is 6.51. The van der Waals surface area contributed by atoms with E-state index in [2.05, 4.69) is 20.8 Å². The molecule has 0 saturated carbocycles. The molecule has 2 nitrogen and oxygen atoms in total. The number of halogens is 1. The smallest absolute Gasteiger partial charge is 0.230 e. The van der Waals surface area contributed by atoms with Crippen molar-refractivity contribution in [1.82, 2.24) is 0 Å². The molecule has 0 radical (unpaired) electrons. The second kappa shape index (κ2) is 5.01. The summed E-state index contributed by atoms with van der Waals surface area (Å²) in [5, 5.41) is 0. The van der Waals surface area contributed by atoms with Crippen molar-refractivity contribution < 1.29 is 9.59 Å². The first-order valence-electron chi connectivity index (χ1n) is 5.52. The van der Waals surface area contributed by atoms with Gasteiger partial charge < -0.3 is 0 Å². The van der Waals surface area contributed by atoms with E-state index >= 15 is 0 Å². The Kier molecular flexibility index (Phi) is 4.10. The van der Waals surface area contributed by atoms with E-state index in [1.807, 2.05) is 19.1 Å². The highest BCUT2D eigenvalue weighted by Crippen LogP contribution is 2.24. The van der Waals surface area contributed by atoms with Gasteiger partial charge in [-0.15, -0.1) is 11.6 Å². The molecule has 1 rings (SSSR count). The SMILES string of the molecule is Cc1cc(C(C)(C)C)ccc1C(=O)C(=O)CCl. The molecule has 0 bridgehead atoms. The van der Waals surface area contributed by atoms with Gasteiger partial charge in [-0.05, 0) is 23.5 Å². The zero-order chi connectivity index (χ0) is 13.2. The molecule has 3 heteroatoms. The van der Waals surface area contributed by atoms with Crippen LogP contribution in [-0.2, 0) is 10.2 Å². The fourth-order valence-corrected chi connectivity index (χ4v) is 1.72. The third kappa shape index (κ3) is 3.16. The van der Waals surface area contributed by atoms with Crippen LogP contribution in [0.2, 0.25) is 0 Å². The van der Waals surface area contributed by atoms with Crippen molar-refractivity contribution in [3.8, 4) is 0 Å². The van der Waals surface area contributed by atoms with E-state index in [1.165, 1.54) is 0 Å². The maximum atomic E-state index is 11.7. The number of alkyl halides is 1. The molecule has 92 valence electrons. The summed E-state index contributed by atoms with van der Waals surface area (Å²) in [6, 6.07) is 5.55. The number of carbonyl (C=O) groups is 2. The van der Waals surface area contributed by atoms with Gasteiger partial charge in [-0.2, -0.15) is 0 Å². The molecule has 0 fully saturated rings. The Hall–Kier alpha value is -1.15. The molecule has 0 atom stereocenters. The van der Waals surface area contributed by atoms with Crippen LogP contribution in [0.5, 0.6) is 0 Å². The summed E-state index contributed by atoms with van der Waals surface area (Å²) in [7, 11) is 0. The van der Waals surface area contributed by atoms with Gasteiger partial charge in [-0.3, -0.25) is 9.59 Å². The fraction of sp³-hybridized carbons (Fsp3) is 0.429. The number of Topliss-reactive ketones (excluding diaryl/α,β-unsaturated/α-hetero) is 2. The Morgan fingerprint density at radius 1 is 1.24 bits per heavy atom. The van der Waals surface area contributed by atoms with Crippen LogP contribution in [0.4, 0.5) is 0 Å². The van der Waals surface area contributed by atoms with Crippen molar-refractivity contribution in [2.45, 2.75) is 33.1 Å². The van der Waals surface area contributed by atoms with Crippen LogP contribution in [0.25, 0.3) is 0 Å². The van der Waals surface area contributed by atoms with E-state index in [0.29, 0.717) is 5.56 Å². The monoisotopic (exact) mass is 252 g/mol. The summed E-state index contributed by atoms with van der Waals surface area (Å²) in [5.74, 6) is -1.32. The van der Waals surface area contributed by atoms with Crippen LogP contribution in [0.15, 0.2) is 18.2 Å². The van der Waals surface area contributed by atoms with E-state index in [4.69, 9.17) is 11.6 Å². The maximum absolute atomic E-state index is 11.7. The van der Waals surface area contributed by atoms with Gasteiger partial charge in [0.05, 0.1) is 5.88 Å². The van der Waals surface area contributed by atoms with Gasteiger partial charge in [0.15, 0.2) is 0 Å². The lowest BCUT2D eigenvalue weighted by Crippen LogP contribution is -2.18. The van der Waals surface area contributed by atoms with Crippen LogP contribution in [0, 0.1) is 6.92 Å². The van der Waals surface area contributed by atoms with Crippen molar-refractivity contribution in [1.29, 1.82) is 0 Å². The van der Waals surface area contributed by atoms with Gasteiger partial charge in [0, 0.05) is 5.56 Å². The van der Waals surface area contributed by atoms with Crippen LogP contribution < -0.4 is 0 Å². The van der Waals surface area contributed by atoms with Gasteiger partial charge in [0.1, 0.15) is 0 Å². The zero-order valence-corrected chi connectivity index (χ0v) is 11.4. The Morgan fingerprint density at radius 3 is 2.24 bits per heavy atom. The van der Waals surface area contributed by atoms with Crippen molar-refractivity contribution in [3.05, 3.63) is 34.9 Å². The standard InChI is InChI=1S/C14H17ClO2/c1-9-7-10(14(2,3)4)5-6-11(9)13(17)12(16)8-15/h5-7H,8H2,1-4H3. The Labute approximate surface area is 107 Å². The van der Waals surface area contributed by atoms with Crippen LogP contribution >= 0.6 is 11.6 Å². The number of hydrogen-bond donors (Lipinski definition) is 0. The first-order chi connectivity index (χ1) is 7.77. The third-order valence-electron chi connectivity index (χ3n) is 2.71. The number of benzene rings is 1. The van der Waals surface area contributed by atoms with Crippen LogP contribution in [-0.4, -0.2) is 17.4 Å². The number of carbonyl (C=O) groups excluding carboxylic acids is 2. The fourth-order valence-electron chi connectivity index (χ4n) is 1.60. The molecule has 0 saturated heterocycles. The summed E-state index contributed by atoms with van der Waals surface area (Å²) in [6.45, 7) is 8.15. The summed E-state index contributed by atoms with van der Waals surface area (Å²) < 4.78 is 0. The quantitative estimate of drug-likeness (QED) is 0.470. The predicted molar refractivity (Wildman–Crippen MR) is 69.9 cm³/mol. The van der Waals surface area contributed by atoms with E-state index < -0.39 is 11.6 Å². The highest BCUT2D eigenvalue weighted by Gasteiger charge is 2.19. The number of rotatable bonds is 3. The number of hydrogen-bond acceptors (Lipinski definition) is 2. The lowest BCUT2D eigenvalue weighted by Gasteiger charge is -2.20. The van der Waals surface area contributed by atoms with Crippen molar-refractivity contribution in [3.63, 3.8) is 0 Å². The van der Waals surface area contributed by atoms with E-state index in [9.17, 15) is 9.59 Å². The molecule has 0 unspecified atom stereocenters. The molecule has 0 aliphatic heterocycles. The number of ketones is 2. The molecule has 0 spiro atoms. The van der Waals surface area contributed by atoms with Crippen molar-refractivity contribution in [2.75, 3.05) is 5.88 Å². The van der Waals surface area contributed by atoms with Crippen molar-refractivity contribution in [2.24, 2.45) is 0 Å².